The van der Waals surface area contributed by atoms with Gasteiger partial charge in [-0.05, 0) is 30.3 Å². The molecule has 144 valence electrons. The second-order valence-electron chi connectivity index (χ2n) is 5.66. The van der Waals surface area contributed by atoms with Gasteiger partial charge in [0.05, 0.1) is 25.3 Å². The smallest absolute Gasteiger partial charge is 0.271 e. The van der Waals surface area contributed by atoms with Crippen LogP contribution in [-0.2, 0) is 10.0 Å². The highest BCUT2D eigenvalue weighted by molar-refractivity contribution is 7.89. The molecule has 0 unspecified atom stereocenters. The number of hydrogen-bond donors (Lipinski definition) is 1. The summed E-state index contributed by atoms with van der Waals surface area (Å²) in [5, 5.41) is 3.90. The van der Waals surface area contributed by atoms with Gasteiger partial charge in [-0.25, -0.2) is 18.1 Å². The lowest BCUT2D eigenvalue weighted by Gasteiger charge is -2.11. The third-order valence-electron chi connectivity index (χ3n) is 3.63. The quantitative estimate of drug-likeness (QED) is 0.573. The number of rotatable bonds is 7. The Kier molecular flexibility index (Phi) is 6.54. The lowest BCUT2D eigenvalue weighted by molar-refractivity contribution is 0.0955. The fourth-order valence-electron chi connectivity index (χ4n) is 2.14. The van der Waals surface area contributed by atoms with E-state index in [4.69, 9.17) is 9.47 Å². The van der Waals surface area contributed by atoms with Gasteiger partial charge in [0.15, 0.2) is 0 Å². The molecule has 2 aromatic rings. The van der Waals surface area contributed by atoms with Gasteiger partial charge in [0.25, 0.3) is 5.91 Å². The average Bonchev–Trinajstić information content (AvgIpc) is 2.67. The number of nitrogens with zero attached hydrogens (tertiary/aromatic N) is 2. The Morgan fingerprint density at radius 1 is 1.07 bits per heavy atom. The van der Waals surface area contributed by atoms with Crippen molar-refractivity contribution >= 4 is 22.1 Å². The number of carbonyl (C=O) groups is 1. The van der Waals surface area contributed by atoms with Crippen molar-refractivity contribution in [1.29, 1.82) is 0 Å². The van der Waals surface area contributed by atoms with E-state index < -0.39 is 15.9 Å². The first-order chi connectivity index (χ1) is 12.8. The van der Waals surface area contributed by atoms with E-state index in [1.54, 1.807) is 18.2 Å². The van der Waals surface area contributed by atoms with Crippen LogP contribution in [0.15, 0.2) is 52.5 Å². The largest absolute Gasteiger partial charge is 0.497 e. The minimum atomic E-state index is -3.62. The Hall–Kier alpha value is -2.91. The molecule has 0 bridgehead atoms. The van der Waals surface area contributed by atoms with Crippen molar-refractivity contribution in [3.8, 4) is 11.5 Å². The number of benzene rings is 2. The van der Waals surface area contributed by atoms with Crippen LogP contribution in [0.5, 0.6) is 11.5 Å². The zero-order valence-corrected chi connectivity index (χ0v) is 16.3. The maximum atomic E-state index is 12.2. The molecule has 0 radical (unpaired) electrons. The van der Waals surface area contributed by atoms with E-state index in [1.807, 2.05) is 0 Å². The van der Waals surface area contributed by atoms with Crippen LogP contribution in [0.4, 0.5) is 0 Å². The molecule has 9 heteroatoms. The van der Waals surface area contributed by atoms with Crippen LogP contribution in [-0.4, -0.2) is 53.2 Å². The van der Waals surface area contributed by atoms with Crippen LogP contribution in [0.25, 0.3) is 0 Å². The van der Waals surface area contributed by atoms with Crippen molar-refractivity contribution in [3.63, 3.8) is 0 Å². The second-order valence-corrected chi connectivity index (χ2v) is 7.81. The minimum absolute atomic E-state index is 0.0293. The third kappa shape index (κ3) is 5.05. The SMILES string of the molecule is COc1cc(/C=N\NC(=O)c2cccc(S(=O)(=O)N(C)C)c2)cc(OC)c1. The van der Waals surface area contributed by atoms with Crippen molar-refractivity contribution in [3.05, 3.63) is 53.6 Å². The van der Waals surface area contributed by atoms with E-state index in [0.29, 0.717) is 17.1 Å². The Balaban J connectivity index is 2.16. The summed E-state index contributed by atoms with van der Waals surface area (Å²) in [7, 11) is 2.29. The second kappa shape index (κ2) is 8.65. The van der Waals surface area contributed by atoms with E-state index in [0.717, 1.165) is 4.31 Å². The van der Waals surface area contributed by atoms with Gasteiger partial charge in [-0.15, -0.1) is 0 Å². The molecule has 0 aliphatic carbocycles. The number of amides is 1. The first-order valence-electron chi connectivity index (χ1n) is 7.87. The summed E-state index contributed by atoms with van der Waals surface area (Å²) >= 11 is 0. The number of hydrazone groups is 1. The highest BCUT2D eigenvalue weighted by Gasteiger charge is 2.18. The molecule has 0 atom stereocenters. The van der Waals surface area contributed by atoms with Gasteiger partial charge in [-0.1, -0.05) is 6.07 Å². The van der Waals surface area contributed by atoms with Gasteiger partial charge >= 0.3 is 0 Å². The summed E-state index contributed by atoms with van der Waals surface area (Å²) in [4.78, 5) is 12.3. The first kappa shape index (κ1) is 20.4. The maximum Gasteiger partial charge on any atom is 0.271 e. The third-order valence-corrected chi connectivity index (χ3v) is 5.44. The molecule has 0 fully saturated rings. The molecule has 0 saturated carbocycles. The fraction of sp³-hybridized carbons (Fsp3) is 0.222. The summed E-state index contributed by atoms with van der Waals surface area (Å²) in [6.07, 6.45) is 1.43. The van der Waals surface area contributed by atoms with Gasteiger partial charge < -0.3 is 9.47 Å². The van der Waals surface area contributed by atoms with Gasteiger partial charge in [0.1, 0.15) is 11.5 Å². The molecule has 1 N–H and O–H groups in total. The van der Waals surface area contributed by atoms with Crippen molar-refractivity contribution in [1.82, 2.24) is 9.73 Å². The molecular weight excluding hydrogens is 370 g/mol. The summed E-state index contributed by atoms with van der Waals surface area (Å²) in [5.74, 6) is 0.643. The number of sulfonamides is 1. The highest BCUT2D eigenvalue weighted by Crippen LogP contribution is 2.21. The van der Waals surface area contributed by atoms with Gasteiger partial charge in [0.2, 0.25) is 10.0 Å². The van der Waals surface area contributed by atoms with Crippen molar-refractivity contribution in [2.75, 3.05) is 28.3 Å². The molecule has 0 saturated heterocycles. The topological polar surface area (TPSA) is 97.3 Å². The number of nitrogens with one attached hydrogen (secondary N) is 1. The molecule has 0 heterocycles. The molecule has 27 heavy (non-hydrogen) atoms. The lowest BCUT2D eigenvalue weighted by atomic mass is 10.2. The van der Waals surface area contributed by atoms with E-state index in [2.05, 4.69) is 10.5 Å². The lowest BCUT2D eigenvalue weighted by Crippen LogP contribution is -2.23. The molecule has 8 nitrogen and oxygen atoms in total. The summed E-state index contributed by atoms with van der Waals surface area (Å²) in [6, 6.07) is 10.9. The minimum Gasteiger partial charge on any atom is -0.497 e. The zero-order chi connectivity index (χ0) is 20.0. The summed E-state index contributed by atoms with van der Waals surface area (Å²) in [6.45, 7) is 0. The fourth-order valence-corrected chi connectivity index (χ4v) is 3.09. The van der Waals surface area contributed by atoms with Crippen LogP contribution in [0.1, 0.15) is 15.9 Å². The van der Waals surface area contributed by atoms with Crippen molar-refractivity contribution in [2.45, 2.75) is 4.90 Å². The Morgan fingerprint density at radius 3 is 2.26 bits per heavy atom. The van der Waals surface area contributed by atoms with E-state index in [1.165, 1.54) is 58.8 Å². The Bertz CT molecular complexity index is 933. The standard InChI is InChI=1S/C18H21N3O5S/c1-21(2)27(23,24)17-7-5-6-14(10-17)18(22)20-19-12-13-8-15(25-3)11-16(9-13)26-4/h5-12H,1-4H3,(H,20,22)/b19-12-. The normalized spacial score (nSPS) is 11.6. The van der Waals surface area contributed by atoms with Crippen LogP contribution in [0, 0.1) is 0 Å². The number of hydrogen-bond acceptors (Lipinski definition) is 6. The summed E-state index contributed by atoms with van der Waals surface area (Å²) < 4.78 is 35.8. The van der Waals surface area contributed by atoms with Crippen LogP contribution in [0.3, 0.4) is 0 Å². The zero-order valence-electron chi connectivity index (χ0n) is 15.5. The van der Waals surface area contributed by atoms with Crippen LogP contribution in [0.2, 0.25) is 0 Å². The van der Waals surface area contributed by atoms with Crippen molar-refractivity contribution in [2.24, 2.45) is 5.10 Å². The molecule has 0 aliphatic rings. The number of ether oxygens (including phenoxy) is 2. The molecule has 0 spiro atoms. The number of carbonyl (C=O) groups excluding carboxylic acids is 1. The average molecular weight is 391 g/mol. The first-order valence-corrected chi connectivity index (χ1v) is 9.31. The molecule has 2 rings (SSSR count). The predicted molar refractivity (Wildman–Crippen MR) is 102 cm³/mol. The Labute approximate surface area is 158 Å². The van der Waals surface area contributed by atoms with Gasteiger partial charge in [-0.3, -0.25) is 4.79 Å². The van der Waals surface area contributed by atoms with Gasteiger partial charge in [0, 0.05) is 31.3 Å². The molecule has 0 aromatic heterocycles. The van der Waals surface area contributed by atoms with E-state index in [-0.39, 0.29) is 10.5 Å². The highest BCUT2D eigenvalue weighted by atomic mass is 32.2. The van der Waals surface area contributed by atoms with Crippen LogP contribution >= 0.6 is 0 Å². The van der Waals surface area contributed by atoms with Crippen LogP contribution < -0.4 is 14.9 Å². The summed E-state index contributed by atoms with van der Waals surface area (Å²) in [5.41, 5.74) is 3.21. The number of methoxy groups -OCH3 is 2. The van der Waals surface area contributed by atoms with E-state index >= 15 is 0 Å². The predicted octanol–water partition coefficient (Wildman–Crippen LogP) is 1.72. The molecular formula is C18H21N3O5S. The maximum absolute atomic E-state index is 12.2. The molecule has 1 amide bonds. The van der Waals surface area contributed by atoms with E-state index in [9.17, 15) is 13.2 Å². The van der Waals surface area contributed by atoms with Gasteiger partial charge in [-0.2, -0.15) is 5.10 Å². The monoisotopic (exact) mass is 391 g/mol. The van der Waals surface area contributed by atoms with Crippen molar-refractivity contribution < 1.29 is 22.7 Å². The molecule has 2 aromatic carbocycles. The molecule has 0 aliphatic heterocycles. The Morgan fingerprint density at radius 2 is 1.70 bits per heavy atom.